The number of anilines is 3. The molecule has 0 aromatic heterocycles. The first kappa shape index (κ1) is 28.3. The molecule has 0 saturated heterocycles. The van der Waals surface area contributed by atoms with Crippen molar-refractivity contribution in [2.45, 2.75) is 46.0 Å². The van der Waals surface area contributed by atoms with Crippen LogP contribution in [0.3, 0.4) is 0 Å². The van der Waals surface area contributed by atoms with Gasteiger partial charge in [-0.05, 0) is 144 Å². The van der Waals surface area contributed by atoms with Gasteiger partial charge in [0.1, 0.15) is 0 Å². The van der Waals surface area contributed by atoms with Gasteiger partial charge in [0.25, 0.3) is 0 Å². The number of hydrogen-bond donors (Lipinski definition) is 0. The molecule has 0 radical (unpaired) electrons. The minimum atomic E-state index is 0.157. The summed E-state index contributed by atoms with van der Waals surface area (Å²) >= 11 is 0. The summed E-state index contributed by atoms with van der Waals surface area (Å²) in [6, 6.07) is 52.0. The van der Waals surface area contributed by atoms with Crippen molar-refractivity contribution >= 4 is 38.6 Å². The standard InChI is InChI=1S/C45H39N/c1-29(2)31-10-9-13-39(23-31)46(38-11-7-6-8-12-38)40-21-18-34-26-42-43-27-35-22-32(30-16-19-37(20-17-30)45(3,4)5)14-15-33(35)25-41(43)44(42)28-36(34)24-40/h6-29H,1-5H3. The van der Waals surface area contributed by atoms with E-state index in [4.69, 9.17) is 0 Å². The molecule has 46 heavy (non-hydrogen) atoms. The fraction of sp³-hybridized carbons (Fsp3) is 0.156. The van der Waals surface area contributed by atoms with Crippen LogP contribution < -0.4 is 4.90 Å². The first-order valence-corrected chi connectivity index (χ1v) is 16.5. The molecule has 8 rings (SSSR count). The van der Waals surface area contributed by atoms with Crippen molar-refractivity contribution in [1.82, 2.24) is 0 Å². The van der Waals surface area contributed by atoms with Gasteiger partial charge in [0.15, 0.2) is 0 Å². The van der Waals surface area contributed by atoms with Crippen LogP contribution in [0.4, 0.5) is 17.1 Å². The predicted molar refractivity (Wildman–Crippen MR) is 199 cm³/mol. The first-order valence-electron chi connectivity index (χ1n) is 16.5. The Hall–Kier alpha value is -5.14. The molecule has 1 aliphatic rings. The third-order valence-corrected chi connectivity index (χ3v) is 9.67. The molecule has 0 fully saturated rings. The lowest BCUT2D eigenvalue weighted by Gasteiger charge is -2.28. The molecule has 0 unspecified atom stereocenters. The van der Waals surface area contributed by atoms with Crippen LogP contribution in [-0.4, -0.2) is 0 Å². The fourth-order valence-electron chi connectivity index (χ4n) is 6.94. The maximum absolute atomic E-state index is 2.39. The Bertz CT molecular complexity index is 2250. The number of rotatable bonds is 5. The van der Waals surface area contributed by atoms with Crippen LogP contribution in [0.2, 0.25) is 0 Å². The molecule has 1 aliphatic carbocycles. The molecule has 224 valence electrons. The number of hydrogen-bond acceptors (Lipinski definition) is 1. The van der Waals surface area contributed by atoms with Crippen LogP contribution in [0.5, 0.6) is 0 Å². The van der Waals surface area contributed by atoms with Crippen molar-refractivity contribution in [2.75, 3.05) is 4.90 Å². The molecule has 1 heteroatoms. The van der Waals surface area contributed by atoms with Crippen molar-refractivity contribution < 1.29 is 0 Å². The van der Waals surface area contributed by atoms with Gasteiger partial charge in [0, 0.05) is 17.1 Å². The summed E-state index contributed by atoms with van der Waals surface area (Å²) < 4.78 is 0. The van der Waals surface area contributed by atoms with Crippen LogP contribution in [-0.2, 0) is 5.41 Å². The summed E-state index contributed by atoms with van der Waals surface area (Å²) in [5, 5.41) is 5.11. The number of fused-ring (bicyclic) bond motifs is 6. The van der Waals surface area contributed by atoms with E-state index in [-0.39, 0.29) is 5.41 Å². The summed E-state index contributed by atoms with van der Waals surface area (Å²) in [4.78, 5) is 2.38. The number of benzene rings is 7. The average Bonchev–Trinajstić information content (AvgIpc) is 3.07. The maximum Gasteiger partial charge on any atom is 0.0468 e. The summed E-state index contributed by atoms with van der Waals surface area (Å²) in [6.45, 7) is 11.3. The van der Waals surface area contributed by atoms with Crippen LogP contribution in [0.25, 0.3) is 54.9 Å². The zero-order valence-electron chi connectivity index (χ0n) is 27.3. The molecule has 0 heterocycles. The van der Waals surface area contributed by atoms with Gasteiger partial charge in [-0.2, -0.15) is 0 Å². The second kappa shape index (κ2) is 10.7. The highest BCUT2D eigenvalue weighted by atomic mass is 15.1. The van der Waals surface area contributed by atoms with Crippen LogP contribution in [0.15, 0.2) is 140 Å². The first-order chi connectivity index (χ1) is 22.2. The van der Waals surface area contributed by atoms with Gasteiger partial charge in [0.05, 0.1) is 0 Å². The van der Waals surface area contributed by atoms with E-state index in [0.29, 0.717) is 5.92 Å². The van der Waals surface area contributed by atoms with Gasteiger partial charge in [-0.1, -0.05) is 107 Å². The number of para-hydroxylation sites is 1. The van der Waals surface area contributed by atoms with Crippen LogP contribution >= 0.6 is 0 Å². The molecule has 0 aliphatic heterocycles. The number of nitrogens with zero attached hydrogens (tertiary/aromatic N) is 1. The minimum absolute atomic E-state index is 0.157. The van der Waals surface area contributed by atoms with Crippen LogP contribution in [0.1, 0.15) is 51.7 Å². The lowest BCUT2D eigenvalue weighted by molar-refractivity contribution is 0.590. The smallest absolute Gasteiger partial charge is 0.0468 e. The molecular weight excluding hydrogens is 555 g/mol. The van der Waals surface area contributed by atoms with Gasteiger partial charge >= 0.3 is 0 Å². The Balaban J connectivity index is 1.17. The fourth-order valence-corrected chi connectivity index (χ4v) is 6.94. The van der Waals surface area contributed by atoms with E-state index in [2.05, 4.69) is 179 Å². The van der Waals surface area contributed by atoms with E-state index < -0.39 is 0 Å². The summed E-state index contributed by atoms with van der Waals surface area (Å²) in [7, 11) is 0. The Morgan fingerprint density at radius 2 is 0.978 bits per heavy atom. The highest BCUT2D eigenvalue weighted by molar-refractivity contribution is 6.12. The van der Waals surface area contributed by atoms with E-state index in [0.717, 1.165) is 5.69 Å². The third-order valence-electron chi connectivity index (χ3n) is 9.67. The molecule has 0 N–H and O–H groups in total. The largest absolute Gasteiger partial charge is 0.310 e. The van der Waals surface area contributed by atoms with Crippen molar-refractivity contribution in [3.05, 3.63) is 151 Å². The van der Waals surface area contributed by atoms with Crippen molar-refractivity contribution in [3.8, 4) is 33.4 Å². The van der Waals surface area contributed by atoms with E-state index in [1.165, 1.54) is 77.4 Å². The molecular formula is C45H39N. The van der Waals surface area contributed by atoms with E-state index >= 15 is 0 Å². The minimum Gasteiger partial charge on any atom is -0.310 e. The molecule has 1 nitrogen and oxygen atoms in total. The van der Waals surface area contributed by atoms with Gasteiger partial charge in [-0.15, -0.1) is 0 Å². The Morgan fingerprint density at radius 3 is 1.61 bits per heavy atom. The van der Waals surface area contributed by atoms with Crippen LogP contribution in [0, 0.1) is 0 Å². The van der Waals surface area contributed by atoms with E-state index in [9.17, 15) is 0 Å². The molecule has 0 spiro atoms. The summed E-state index contributed by atoms with van der Waals surface area (Å²) in [5.74, 6) is 0.468. The quantitative estimate of drug-likeness (QED) is 0.192. The maximum atomic E-state index is 2.39. The van der Waals surface area contributed by atoms with Gasteiger partial charge < -0.3 is 4.90 Å². The Kier molecular flexibility index (Phi) is 6.62. The second-order valence-corrected chi connectivity index (χ2v) is 14.1. The molecule has 7 aromatic rings. The summed E-state index contributed by atoms with van der Waals surface area (Å²) in [5.41, 5.74) is 14.3. The zero-order chi connectivity index (χ0) is 31.6. The molecule has 0 atom stereocenters. The summed E-state index contributed by atoms with van der Waals surface area (Å²) in [6.07, 6.45) is 0. The zero-order valence-corrected chi connectivity index (χ0v) is 27.3. The highest BCUT2D eigenvalue weighted by Gasteiger charge is 2.24. The lowest BCUT2D eigenvalue weighted by atomic mass is 9.77. The van der Waals surface area contributed by atoms with Gasteiger partial charge in [-0.3, -0.25) is 0 Å². The van der Waals surface area contributed by atoms with E-state index in [1.54, 1.807) is 0 Å². The normalized spacial score (nSPS) is 12.2. The Labute approximate surface area is 272 Å². The topological polar surface area (TPSA) is 3.24 Å². The van der Waals surface area contributed by atoms with Crippen molar-refractivity contribution in [2.24, 2.45) is 0 Å². The Morgan fingerprint density at radius 1 is 0.435 bits per heavy atom. The van der Waals surface area contributed by atoms with Gasteiger partial charge in [-0.25, -0.2) is 0 Å². The van der Waals surface area contributed by atoms with Gasteiger partial charge in [0.2, 0.25) is 0 Å². The average molecular weight is 594 g/mol. The second-order valence-electron chi connectivity index (χ2n) is 14.1. The van der Waals surface area contributed by atoms with E-state index in [1.807, 2.05) is 0 Å². The van der Waals surface area contributed by atoms with Crippen molar-refractivity contribution in [1.29, 1.82) is 0 Å². The molecule has 0 amide bonds. The molecule has 7 aromatic carbocycles. The lowest BCUT2D eigenvalue weighted by Crippen LogP contribution is -2.10. The highest BCUT2D eigenvalue weighted by Crippen LogP contribution is 2.51. The predicted octanol–water partition coefficient (Wildman–Crippen LogP) is 13.2. The third kappa shape index (κ3) is 4.88. The molecule has 0 saturated carbocycles. The molecule has 0 bridgehead atoms. The monoisotopic (exact) mass is 593 g/mol. The SMILES string of the molecule is CC(C)c1cccc(N(c2ccccc2)c2ccc3cc4c(cc3c2)-c2cc3ccc(-c5ccc(C(C)(C)C)cc5)cc3cc2-4)c1. The van der Waals surface area contributed by atoms with Crippen molar-refractivity contribution in [3.63, 3.8) is 0 Å².